The summed E-state index contributed by atoms with van der Waals surface area (Å²) in [5.41, 5.74) is 0.795. The molecule has 0 aliphatic heterocycles. The van der Waals surface area contributed by atoms with Crippen molar-refractivity contribution in [1.29, 1.82) is 0 Å². The van der Waals surface area contributed by atoms with Crippen molar-refractivity contribution >= 4 is 16.0 Å². The maximum absolute atomic E-state index is 13.3. The van der Waals surface area contributed by atoms with Gasteiger partial charge in [-0.15, -0.1) is 5.10 Å². The van der Waals surface area contributed by atoms with Crippen LogP contribution in [0.25, 0.3) is 22.6 Å². The van der Waals surface area contributed by atoms with Gasteiger partial charge in [-0.2, -0.15) is 13.2 Å². The van der Waals surface area contributed by atoms with E-state index in [4.69, 9.17) is 14.2 Å². The zero-order valence-corrected chi connectivity index (χ0v) is 23.0. The van der Waals surface area contributed by atoms with Gasteiger partial charge in [0.25, 0.3) is 5.82 Å². The molecule has 0 aliphatic carbocycles. The molecule has 0 saturated carbocycles. The first-order chi connectivity index (χ1) is 17.7. The lowest BCUT2D eigenvalue weighted by Gasteiger charge is -2.24. The Morgan fingerprint density at radius 2 is 1.68 bits per heavy atom. The number of pyridine rings is 2. The monoisotopic (exact) mass is 555 g/mol. The number of hydrogen-bond donors (Lipinski definition) is 0. The molecule has 3 heterocycles. The molecule has 0 amide bonds. The van der Waals surface area contributed by atoms with E-state index in [0.29, 0.717) is 23.6 Å². The molecule has 0 bridgehead atoms. The molecule has 0 fully saturated rings. The molecule has 38 heavy (non-hydrogen) atoms. The van der Waals surface area contributed by atoms with Gasteiger partial charge in [0.1, 0.15) is 19.0 Å². The van der Waals surface area contributed by atoms with Crippen LogP contribution in [0, 0.1) is 5.41 Å². The summed E-state index contributed by atoms with van der Waals surface area (Å²) >= 11 is 0. The number of halogens is 3. The van der Waals surface area contributed by atoms with Crippen molar-refractivity contribution in [1.82, 2.24) is 24.7 Å². The Morgan fingerprint density at radius 1 is 1.03 bits per heavy atom. The third-order valence-electron chi connectivity index (χ3n) is 5.36. The normalized spacial score (nSPS) is 12.9. The summed E-state index contributed by atoms with van der Waals surface area (Å²) in [6.07, 6.45) is 4.79. The number of aromatic nitrogens is 5. The lowest BCUT2D eigenvalue weighted by Crippen LogP contribution is -2.32. The Morgan fingerprint density at radius 3 is 2.21 bits per heavy atom. The molecule has 3 aromatic heterocycles. The first-order valence-electron chi connectivity index (χ1n) is 11.6. The number of carbonyl (C=O) groups excluding carboxylic acids is 1. The van der Waals surface area contributed by atoms with Crippen LogP contribution in [0.3, 0.4) is 0 Å². The molecule has 0 aliphatic rings. The third kappa shape index (κ3) is 7.90. The molecule has 3 aromatic rings. The maximum atomic E-state index is 13.3. The van der Waals surface area contributed by atoms with Crippen LogP contribution in [0.2, 0.25) is 0 Å². The second-order valence-electron chi connectivity index (χ2n) is 10.1. The second kappa shape index (κ2) is 11.7. The van der Waals surface area contributed by atoms with E-state index in [1.807, 2.05) is 0 Å². The number of hydrogen-bond acceptors (Lipinski definition) is 8. The van der Waals surface area contributed by atoms with Crippen LogP contribution in [-0.2, 0) is 27.2 Å². The van der Waals surface area contributed by atoms with Gasteiger partial charge in [0.2, 0.25) is 5.88 Å². The number of carbonyl (C=O) groups is 1. The summed E-state index contributed by atoms with van der Waals surface area (Å²) in [7, 11) is 0.516. The molecule has 0 saturated heterocycles. The minimum atomic E-state index is -4.70. The van der Waals surface area contributed by atoms with Gasteiger partial charge in [-0.25, -0.2) is 24.7 Å². The summed E-state index contributed by atoms with van der Waals surface area (Å²) in [6.45, 7) is 3.73. The molecule has 0 aromatic carbocycles. The first kappa shape index (κ1) is 29.4. The van der Waals surface area contributed by atoms with E-state index in [1.165, 1.54) is 13.3 Å². The molecular weight excluding hydrogens is 523 g/mol. The van der Waals surface area contributed by atoms with E-state index in [9.17, 15) is 18.0 Å². The summed E-state index contributed by atoms with van der Waals surface area (Å²) < 4.78 is 56.9. The fraction of sp³-hybridized carbons (Fsp3) is 0.480. The van der Waals surface area contributed by atoms with Crippen LogP contribution in [0.5, 0.6) is 5.88 Å². The molecule has 0 radical (unpaired) electrons. The number of rotatable bonds is 11. The zero-order valence-electron chi connectivity index (χ0n) is 22.2. The average Bonchev–Trinajstić information content (AvgIpc) is 3.30. The number of methoxy groups -OCH3 is 1. The van der Waals surface area contributed by atoms with Crippen molar-refractivity contribution in [2.45, 2.75) is 26.8 Å². The molecule has 0 unspecified atom stereocenters. The Kier molecular flexibility index (Phi) is 9.03. The average molecular weight is 556 g/mol. The fourth-order valence-electron chi connectivity index (χ4n) is 3.12. The van der Waals surface area contributed by atoms with Gasteiger partial charge in [-0.1, -0.05) is 6.07 Å². The highest BCUT2D eigenvalue weighted by atomic mass is 32.3. The predicted molar refractivity (Wildman–Crippen MR) is 139 cm³/mol. The maximum Gasteiger partial charge on any atom is 0.453 e. The smallest absolute Gasteiger partial charge is 0.453 e. The van der Waals surface area contributed by atoms with Crippen LogP contribution in [0.4, 0.5) is 13.2 Å². The highest BCUT2D eigenvalue weighted by Gasteiger charge is 2.37. The molecule has 13 heteroatoms. The van der Waals surface area contributed by atoms with Crippen molar-refractivity contribution < 1.29 is 32.2 Å². The lowest BCUT2D eigenvalue weighted by molar-refractivity contribution is -0.152. The third-order valence-corrected chi connectivity index (χ3v) is 6.75. The SMILES string of the molecule is COC(=O)C(C)(C)COc1ccc(-c2ccc(-c3nc(C(F)(F)F)nn3COCCS(C)(C)C)nc2)cn1. The van der Waals surface area contributed by atoms with E-state index in [-0.39, 0.29) is 24.9 Å². The minimum absolute atomic E-state index is 0.0397. The summed E-state index contributed by atoms with van der Waals surface area (Å²) in [6, 6.07) is 6.69. The fourth-order valence-corrected chi connectivity index (χ4v) is 3.74. The zero-order chi connectivity index (χ0) is 28.1. The van der Waals surface area contributed by atoms with Crippen LogP contribution in [-0.4, -0.2) is 75.5 Å². The van der Waals surface area contributed by atoms with Gasteiger partial charge >= 0.3 is 12.1 Å². The van der Waals surface area contributed by atoms with E-state index in [0.717, 1.165) is 10.4 Å². The standard InChI is InChI=1S/C25H32F3N5O4S/c1-24(2,23(34)35-3)15-37-20-10-8-18(14-30-20)17-7-9-19(29-13-17)21-31-22(25(26,27)28)32-33(21)16-36-11-12-38(4,5)6/h7-10,13-14H,11-12,15-16H2,1-6H3. The number of alkyl halides is 3. The highest BCUT2D eigenvalue weighted by Crippen LogP contribution is 2.34. The van der Waals surface area contributed by atoms with Crippen molar-refractivity contribution in [3.63, 3.8) is 0 Å². The topological polar surface area (TPSA) is 101 Å². The van der Waals surface area contributed by atoms with Gasteiger partial charge < -0.3 is 14.2 Å². The predicted octanol–water partition coefficient (Wildman–Crippen LogP) is 4.67. The van der Waals surface area contributed by atoms with Crippen LogP contribution in [0.1, 0.15) is 19.7 Å². The Labute approximate surface area is 221 Å². The summed E-state index contributed by atoms with van der Waals surface area (Å²) in [5.74, 6) is -0.537. The Hall–Kier alpha value is -3.19. The Bertz CT molecular complexity index is 1220. The molecule has 0 N–H and O–H groups in total. The minimum Gasteiger partial charge on any atom is -0.476 e. The largest absolute Gasteiger partial charge is 0.476 e. The number of esters is 1. The van der Waals surface area contributed by atoms with E-state index in [1.54, 1.807) is 44.3 Å². The lowest BCUT2D eigenvalue weighted by atomic mass is 9.95. The van der Waals surface area contributed by atoms with E-state index in [2.05, 4.69) is 38.8 Å². The molecule has 208 valence electrons. The molecular formula is C25H32F3N5O4S. The summed E-state index contributed by atoms with van der Waals surface area (Å²) in [5, 5.41) is 3.60. The van der Waals surface area contributed by atoms with Crippen LogP contribution in [0.15, 0.2) is 36.7 Å². The van der Waals surface area contributed by atoms with Crippen molar-refractivity contribution in [3.05, 3.63) is 42.5 Å². The van der Waals surface area contributed by atoms with Gasteiger partial charge in [0.15, 0.2) is 5.82 Å². The van der Waals surface area contributed by atoms with E-state index >= 15 is 0 Å². The second-order valence-corrected chi connectivity index (χ2v) is 14.7. The van der Waals surface area contributed by atoms with Crippen LogP contribution >= 0.6 is 10.0 Å². The molecule has 0 atom stereocenters. The van der Waals surface area contributed by atoms with Gasteiger partial charge in [0.05, 0.1) is 19.1 Å². The van der Waals surface area contributed by atoms with Gasteiger partial charge in [-0.3, -0.25) is 9.78 Å². The van der Waals surface area contributed by atoms with Crippen molar-refractivity contribution in [2.75, 3.05) is 44.8 Å². The number of ether oxygens (including phenoxy) is 3. The van der Waals surface area contributed by atoms with Gasteiger partial charge in [0, 0.05) is 35.3 Å². The van der Waals surface area contributed by atoms with Crippen molar-refractivity contribution in [2.24, 2.45) is 5.41 Å². The van der Waals surface area contributed by atoms with Gasteiger partial charge in [-0.05, 0) is 44.7 Å². The van der Waals surface area contributed by atoms with E-state index < -0.39 is 33.4 Å². The quantitative estimate of drug-likeness (QED) is 0.249. The van der Waals surface area contributed by atoms with Crippen LogP contribution < -0.4 is 4.74 Å². The first-order valence-corrected chi connectivity index (χ1v) is 14.6. The number of nitrogens with zero attached hydrogens (tertiary/aromatic N) is 5. The molecule has 3 rings (SSSR count). The van der Waals surface area contributed by atoms with Crippen molar-refractivity contribution in [3.8, 4) is 28.5 Å². The highest BCUT2D eigenvalue weighted by molar-refractivity contribution is 8.32. The molecule has 0 spiro atoms. The summed E-state index contributed by atoms with van der Waals surface area (Å²) in [4.78, 5) is 24.1. The Balaban J connectivity index is 1.74. The molecule has 9 nitrogen and oxygen atoms in total.